The van der Waals surface area contributed by atoms with Crippen molar-refractivity contribution in [2.24, 2.45) is 0 Å². The molecule has 0 bridgehead atoms. The second kappa shape index (κ2) is 6.39. The highest BCUT2D eigenvalue weighted by atomic mass is 15.3. The Labute approximate surface area is 122 Å². The highest BCUT2D eigenvalue weighted by Crippen LogP contribution is 2.28. The van der Waals surface area contributed by atoms with E-state index in [0.29, 0.717) is 12.1 Å². The van der Waals surface area contributed by atoms with Crippen molar-refractivity contribution in [3.8, 4) is 0 Å². The molecule has 1 aliphatic heterocycles. The van der Waals surface area contributed by atoms with Crippen LogP contribution in [0.25, 0.3) is 0 Å². The number of likely N-dealkylation sites (N-methyl/N-ethyl adjacent to an activating group) is 1. The van der Waals surface area contributed by atoms with Gasteiger partial charge in [0.25, 0.3) is 0 Å². The fourth-order valence-electron chi connectivity index (χ4n) is 2.75. The number of aromatic nitrogens is 2. The lowest BCUT2D eigenvalue weighted by Gasteiger charge is -2.24. The Balaban J connectivity index is 2.23. The van der Waals surface area contributed by atoms with E-state index in [-0.39, 0.29) is 0 Å². The molecule has 1 saturated heterocycles. The van der Waals surface area contributed by atoms with Crippen LogP contribution in [0.1, 0.15) is 32.8 Å². The zero-order valence-corrected chi connectivity index (χ0v) is 13.3. The molecule has 1 N–H and O–H groups in total. The molecular formula is C15H27N5. The van der Waals surface area contributed by atoms with Crippen LogP contribution >= 0.6 is 0 Å². The summed E-state index contributed by atoms with van der Waals surface area (Å²) in [6.07, 6.45) is 3.84. The van der Waals surface area contributed by atoms with Crippen LogP contribution in [0.15, 0.2) is 6.33 Å². The summed E-state index contributed by atoms with van der Waals surface area (Å²) in [7, 11) is 4.31. The first-order chi connectivity index (χ1) is 9.52. The molecule has 112 valence electrons. The Morgan fingerprint density at radius 3 is 2.70 bits per heavy atom. The molecule has 5 nitrogen and oxygen atoms in total. The van der Waals surface area contributed by atoms with Crippen LogP contribution < -0.4 is 10.2 Å². The maximum absolute atomic E-state index is 4.55. The Morgan fingerprint density at radius 1 is 1.40 bits per heavy atom. The van der Waals surface area contributed by atoms with Crippen molar-refractivity contribution in [1.29, 1.82) is 0 Å². The largest absolute Gasteiger partial charge is 0.368 e. The van der Waals surface area contributed by atoms with Crippen LogP contribution in [0.2, 0.25) is 0 Å². The highest BCUT2D eigenvalue weighted by Gasteiger charge is 2.27. The third kappa shape index (κ3) is 3.20. The Bertz CT molecular complexity index is 444. The average Bonchev–Trinajstić information content (AvgIpc) is 2.87. The molecule has 1 unspecified atom stereocenters. The zero-order chi connectivity index (χ0) is 14.7. The van der Waals surface area contributed by atoms with E-state index in [2.05, 4.69) is 60.0 Å². The van der Waals surface area contributed by atoms with Crippen molar-refractivity contribution < 1.29 is 0 Å². The van der Waals surface area contributed by atoms with Gasteiger partial charge in [-0.1, -0.05) is 6.92 Å². The van der Waals surface area contributed by atoms with Gasteiger partial charge in [-0.25, -0.2) is 9.97 Å². The number of nitrogens with zero attached hydrogens (tertiary/aromatic N) is 4. The van der Waals surface area contributed by atoms with Gasteiger partial charge in [-0.05, 0) is 40.8 Å². The summed E-state index contributed by atoms with van der Waals surface area (Å²) in [6, 6.07) is 1.01. The molecule has 1 fully saturated rings. The SMILES string of the molecule is CCc1c(NC(C)C)ncnc1N1CCC(N(C)C)C1. The van der Waals surface area contributed by atoms with E-state index in [0.717, 1.165) is 31.1 Å². The number of rotatable bonds is 5. The number of anilines is 2. The summed E-state index contributed by atoms with van der Waals surface area (Å²) in [6.45, 7) is 8.58. The lowest BCUT2D eigenvalue weighted by atomic mass is 10.2. The smallest absolute Gasteiger partial charge is 0.137 e. The lowest BCUT2D eigenvalue weighted by molar-refractivity contribution is 0.315. The summed E-state index contributed by atoms with van der Waals surface area (Å²) in [4.78, 5) is 13.7. The first-order valence-corrected chi connectivity index (χ1v) is 7.54. The molecule has 5 heteroatoms. The van der Waals surface area contributed by atoms with Crippen LogP contribution in [0, 0.1) is 0 Å². The summed E-state index contributed by atoms with van der Waals surface area (Å²) in [5, 5.41) is 3.43. The number of nitrogens with one attached hydrogen (secondary N) is 1. The minimum absolute atomic E-state index is 0.385. The second-order valence-corrected chi connectivity index (χ2v) is 6.03. The van der Waals surface area contributed by atoms with Crippen LogP contribution in [0.3, 0.4) is 0 Å². The summed E-state index contributed by atoms with van der Waals surface area (Å²) in [5.41, 5.74) is 1.24. The van der Waals surface area contributed by atoms with Gasteiger partial charge in [0.2, 0.25) is 0 Å². The molecule has 0 saturated carbocycles. The quantitative estimate of drug-likeness (QED) is 0.892. The molecule has 0 amide bonds. The van der Waals surface area contributed by atoms with Gasteiger partial charge in [0.1, 0.15) is 18.0 Å². The summed E-state index contributed by atoms with van der Waals surface area (Å²) >= 11 is 0. The number of hydrogen-bond acceptors (Lipinski definition) is 5. The minimum atomic E-state index is 0.385. The van der Waals surface area contributed by atoms with Crippen molar-refractivity contribution in [3.05, 3.63) is 11.9 Å². The normalized spacial score (nSPS) is 19.1. The lowest BCUT2D eigenvalue weighted by Crippen LogP contribution is -2.32. The molecule has 2 heterocycles. The van der Waals surface area contributed by atoms with Crippen molar-refractivity contribution in [3.63, 3.8) is 0 Å². The molecule has 0 spiro atoms. The van der Waals surface area contributed by atoms with Crippen molar-refractivity contribution >= 4 is 11.6 Å². The molecule has 1 aromatic heterocycles. The van der Waals surface area contributed by atoms with E-state index < -0.39 is 0 Å². The second-order valence-electron chi connectivity index (χ2n) is 6.03. The topological polar surface area (TPSA) is 44.3 Å². The van der Waals surface area contributed by atoms with Crippen LogP contribution in [0.5, 0.6) is 0 Å². The van der Waals surface area contributed by atoms with E-state index >= 15 is 0 Å². The van der Waals surface area contributed by atoms with Crippen molar-refractivity contribution in [2.75, 3.05) is 37.4 Å². The van der Waals surface area contributed by atoms with E-state index in [1.165, 1.54) is 12.0 Å². The first-order valence-electron chi connectivity index (χ1n) is 7.54. The monoisotopic (exact) mass is 277 g/mol. The van der Waals surface area contributed by atoms with Gasteiger partial charge in [-0.3, -0.25) is 0 Å². The third-order valence-electron chi connectivity index (χ3n) is 3.89. The molecule has 0 aromatic carbocycles. The Morgan fingerprint density at radius 2 is 2.15 bits per heavy atom. The molecule has 1 aliphatic rings. The highest BCUT2D eigenvalue weighted by molar-refractivity contribution is 5.59. The third-order valence-corrected chi connectivity index (χ3v) is 3.89. The maximum atomic E-state index is 4.55. The number of hydrogen-bond donors (Lipinski definition) is 1. The molecule has 20 heavy (non-hydrogen) atoms. The Kier molecular flexibility index (Phi) is 4.81. The average molecular weight is 277 g/mol. The fourth-order valence-corrected chi connectivity index (χ4v) is 2.75. The molecule has 1 aromatic rings. The molecule has 2 rings (SSSR count). The van der Waals surface area contributed by atoms with Gasteiger partial charge >= 0.3 is 0 Å². The van der Waals surface area contributed by atoms with E-state index in [9.17, 15) is 0 Å². The molecule has 1 atom stereocenters. The zero-order valence-electron chi connectivity index (χ0n) is 13.3. The maximum Gasteiger partial charge on any atom is 0.137 e. The van der Waals surface area contributed by atoms with Gasteiger partial charge in [-0.15, -0.1) is 0 Å². The standard InChI is InChI=1S/C15H27N5/c1-6-13-14(18-11(2)3)16-10-17-15(13)20-8-7-12(9-20)19(4)5/h10-12H,6-9H2,1-5H3,(H,16,17,18). The summed E-state index contributed by atoms with van der Waals surface area (Å²) < 4.78 is 0. The Hall–Kier alpha value is -1.36. The van der Waals surface area contributed by atoms with E-state index in [1.807, 2.05) is 0 Å². The first kappa shape index (κ1) is 15.0. The van der Waals surface area contributed by atoms with Gasteiger partial charge in [-0.2, -0.15) is 0 Å². The minimum Gasteiger partial charge on any atom is -0.368 e. The van der Waals surface area contributed by atoms with Crippen LogP contribution in [0.4, 0.5) is 11.6 Å². The van der Waals surface area contributed by atoms with Crippen LogP contribution in [-0.2, 0) is 6.42 Å². The van der Waals surface area contributed by atoms with Gasteiger partial charge in [0, 0.05) is 30.7 Å². The molecule has 0 aliphatic carbocycles. The molecular weight excluding hydrogens is 250 g/mol. The predicted octanol–water partition coefficient (Wildman–Crippen LogP) is 2.00. The van der Waals surface area contributed by atoms with Gasteiger partial charge in [0.05, 0.1) is 0 Å². The predicted molar refractivity (Wildman–Crippen MR) is 84.5 cm³/mol. The van der Waals surface area contributed by atoms with Crippen LogP contribution in [-0.4, -0.2) is 54.1 Å². The van der Waals surface area contributed by atoms with E-state index in [1.54, 1.807) is 6.33 Å². The molecule has 0 radical (unpaired) electrons. The van der Waals surface area contributed by atoms with Gasteiger partial charge in [0.15, 0.2) is 0 Å². The summed E-state index contributed by atoms with van der Waals surface area (Å²) in [5.74, 6) is 2.09. The fraction of sp³-hybridized carbons (Fsp3) is 0.733. The van der Waals surface area contributed by atoms with Gasteiger partial charge < -0.3 is 15.1 Å². The van der Waals surface area contributed by atoms with Crippen molar-refractivity contribution in [1.82, 2.24) is 14.9 Å². The van der Waals surface area contributed by atoms with Crippen molar-refractivity contribution in [2.45, 2.75) is 45.7 Å². The van der Waals surface area contributed by atoms with E-state index in [4.69, 9.17) is 0 Å².